The van der Waals surface area contributed by atoms with Gasteiger partial charge in [-0.3, -0.25) is 10.1 Å². The van der Waals surface area contributed by atoms with Crippen LogP contribution in [0.2, 0.25) is 0 Å². The number of benzene rings is 2. The number of anilines is 1. The minimum atomic E-state index is -0.322. The van der Waals surface area contributed by atoms with Crippen LogP contribution in [0.1, 0.15) is 5.56 Å². The van der Waals surface area contributed by atoms with Crippen LogP contribution in [0.5, 0.6) is 0 Å². The van der Waals surface area contributed by atoms with Crippen LogP contribution in [0.15, 0.2) is 54.6 Å². The first-order chi connectivity index (χ1) is 10.7. The van der Waals surface area contributed by atoms with Crippen LogP contribution in [0.3, 0.4) is 0 Å². The Kier molecular flexibility index (Phi) is 4.34. The number of nitro benzene ring substituents is 1. The molecule has 1 aliphatic heterocycles. The fourth-order valence-corrected chi connectivity index (χ4v) is 2.82. The molecule has 1 heterocycles. The number of morpholine rings is 1. The van der Waals surface area contributed by atoms with E-state index in [1.54, 1.807) is 12.1 Å². The molecule has 0 bridgehead atoms. The van der Waals surface area contributed by atoms with Crippen LogP contribution < -0.4 is 4.90 Å². The summed E-state index contributed by atoms with van der Waals surface area (Å²) >= 11 is 0. The van der Waals surface area contributed by atoms with E-state index in [-0.39, 0.29) is 16.7 Å². The van der Waals surface area contributed by atoms with E-state index in [0.29, 0.717) is 25.4 Å². The van der Waals surface area contributed by atoms with E-state index in [1.165, 1.54) is 5.56 Å². The third-order valence-electron chi connectivity index (χ3n) is 3.86. The largest absolute Gasteiger partial charge is 0.374 e. The van der Waals surface area contributed by atoms with Gasteiger partial charge in [-0.25, -0.2) is 0 Å². The number of nitrogens with zero attached hydrogens (tertiary/aromatic N) is 2. The highest BCUT2D eigenvalue weighted by atomic mass is 16.6. The number of para-hydroxylation sites is 2. The lowest BCUT2D eigenvalue weighted by Gasteiger charge is -2.34. The summed E-state index contributed by atoms with van der Waals surface area (Å²) in [4.78, 5) is 12.9. The minimum absolute atomic E-state index is 0.0518. The van der Waals surface area contributed by atoms with Gasteiger partial charge in [0.1, 0.15) is 5.69 Å². The van der Waals surface area contributed by atoms with E-state index in [9.17, 15) is 10.1 Å². The predicted octanol–water partition coefficient (Wildman–Crippen LogP) is 3.04. The molecule has 2 aromatic rings. The summed E-state index contributed by atoms with van der Waals surface area (Å²) in [5.41, 5.74) is 2.05. The van der Waals surface area contributed by atoms with Gasteiger partial charge in [0.2, 0.25) is 0 Å². The van der Waals surface area contributed by atoms with Crippen molar-refractivity contribution in [1.29, 1.82) is 0 Å². The first kappa shape index (κ1) is 14.5. The highest BCUT2D eigenvalue weighted by Crippen LogP contribution is 2.29. The second-order valence-electron chi connectivity index (χ2n) is 5.37. The molecule has 1 atom stereocenters. The lowest BCUT2D eigenvalue weighted by Crippen LogP contribution is -2.43. The van der Waals surface area contributed by atoms with Crippen molar-refractivity contribution in [1.82, 2.24) is 0 Å². The molecule has 0 saturated carbocycles. The maximum atomic E-state index is 11.2. The molecule has 0 aliphatic carbocycles. The highest BCUT2D eigenvalue weighted by Gasteiger charge is 2.25. The van der Waals surface area contributed by atoms with Gasteiger partial charge < -0.3 is 9.64 Å². The molecule has 22 heavy (non-hydrogen) atoms. The minimum Gasteiger partial charge on any atom is -0.374 e. The second kappa shape index (κ2) is 6.58. The van der Waals surface area contributed by atoms with Crippen molar-refractivity contribution in [3.63, 3.8) is 0 Å². The molecule has 0 amide bonds. The van der Waals surface area contributed by atoms with E-state index in [2.05, 4.69) is 17.0 Å². The topological polar surface area (TPSA) is 55.6 Å². The average Bonchev–Trinajstić information content (AvgIpc) is 2.56. The van der Waals surface area contributed by atoms with E-state index in [0.717, 1.165) is 6.42 Å². The van der Waals surface area contributed by atoms with Crippen molar-refractivity contribution in [3.8, 4) is 0 Å². The molecule has 0 radical (unpaired) electrons. The van der Waals surface area contributed by atoms with Crippen molar-refractivity contribution >= 4 is 11.4 Å². The van der Waals surface area contributed by atoms with Gasteiger partial charge in [0, 0.05) is 25.6 Å². The summed E-state index contributed by atoms with van der Waals surface area (Å²) in [6.45, 7) is 1.93. The molecule has 0 N–H and O–H groups in total. The summed E-state index contributed by atoms with van der Waals surface area (Å²) in [6.07, 6.45) is 0.869. The molecule has 0 aromatic heterocycles. The van der Waals surface area contributed by atoms with Crippen LogP contribution in [0, 0.1) is 10.1 Å². The van der Waals surface area contributed by atoms with Crippen molar-refractivity contribution in [2.75, 3.05) is 24.6 Å². The Morgan fingerprint density at radius 1 is 1.14 bits per heavy atom. The van der Waals surface area contributed by atoms with Crippen LogP contribution >= 0.6 is 0 Å². The van der Waals surface area contributed by atoms with Crippen LogP contribution in [-0.2, 0) is 11.2 Å². The molecule has 114 valence electrons. The fraction of sp³-hybridized carbons (Fsp3) is 0.294. The first-order valence-corrected chi connectivity index (χ1v) is 7.38. The maximum Gasteiger partial charge on any atom is 0.292 e. The molecule has 1 fully saturated rings. The van der Waals surface area contributed by atoms with E-state index >= 15 is 0 Å². The monoisotopic (exact) mass is 298 g/mol. The van der Waals surface area contributed by atoms with Gasteiger partial charge in [-0.1, -0.05) is 42.5 Å². The molecule has 1 saturated heterocycles. The van der Waals surface area contributed by atoms with Gasteiger partial charge in [0.25, 0.3) is 5.69 Å². The number of rotatable bonds is 4. The van der Waals surface area contributed by atoms with Crippen molar-refractivity contribution in [2.24, 2.45) is 0 Å². The molecule has 0 spiro atoms. The molecular weight excluding hydrogens is 280 g/mol. The Hall–Kier alpha value is -2.40. The third kappa shape index (κ3) is 3.26. The van der Waals surface area contributed by atoms with Crippen molar-refractivity contribution in [3.05, 3.63) is 70.3 Å². The quantitative estimate of drug-likeness (QED) is 0.643. The van der Waals surface area contributed by atoms with Gasteiger partial charge in [-0.2, -0.15) is 0 Å². The zero-order chi connectivity index (χ0) is 15.4. The fourth-order valence-electron chi connectivity index (χ4n) is 2.82. The number of nitro groups is 1. The Bertz CT molecular complexity index is 645. The zero-order valence-corrected chi connectivity index (χ0v) is 12.2. The van der Waals surface area contributed by atoms with Gasteiger partial charge in [0.15, 0.2) is 0 Å². The lowest BCUT2D eigenvalue weighted by molar-refractivity contribution is -0.384. The molecule has 0 unspecified atom stereocenters. The van der Waals surface area contributed by atoms with Gasteiger partial charge in [-0.15, -0.1) is 0 Å². The van der Waals surface area contributed by atoms with Gasteiger partial charge >= 0.3 is 0 Å². The Labute approximate surface area is 129 Å². The first-order valence-electron chi connectivity index (χ1n) is 7.38. The summed E-state index contributed by atoms with van der Waals surface area (Å²) in [5.74, 6) is 0. The predicted molar refractivity (Wildman–Crippen MR) is 85.2 cm³/mol. The van der Waals surface area contributed by atoms with Crippen LogP contribution in [0.4, 0.5) is 11.4 Å². The van der Waals surface area contributed by atoms with E-state index in [1.807, 2.05) is 30.3 Å². The molecule has 5 heteroatoms. The number of ether oxygens (including phenoxy) is 1. The van der Waals surface area contributed by atoms with Gasteiger partial charge in [-0.05, 0) is 11.6 Å². The SMILES string of the molecule is O=[N+]([O-])c1ccccc1N1CCO[C@@H](Cc2ccccc2)C1. The smallest absolute Gasteiger partial charge is 0.292 e. The lowest BCUT2D eigenvalue weighted by atomic mass is 10.1. The highest BCUT2D eigenvalue weighted by molar-refractivity contribution is 5.63. The Morgan fingerprint density at radius 2 is 1.86 bits per heavy atom. The maximum absolute atomic E-state index is 11.2. The van der Waals surface area contributed by atoms with Crippen LogP contribution in [-0.4, -0.2) is 30.7 Å². The molecule has 5 nitrogen and oxygen atoms in total. The summed E-state index contributed by atoms with van der Waals surface area (Å²) < 4.78 is 5.82. The summed E-state index contributed by atoms with van der Waals surface area (Å²) in [5, 5.41) is 11.2. The zero-order valence-electron chi connectivity index (χ0n) is 12.2. The number of hydrogen-bond donors (Lipinski definition) is 0. The third-order valence-corrected chi connectivity index (χ3v) is 3.86. The standard InChI is InChI=1S/C17H18N2O3/c20-19(21)17-9-5-4-8-16(17)18-10-11-22-15(13-18)12-14-6-2-1-3-7-14/h1-9,15H,10-13H2/t15-/m0/s1. The summed E-state index contributed by atoms with van der Waals surface area (Å²) in [6, 6.07) is 17.1. The average molecular weight is 298 g/mol. The molecule has 1 aliphatic rings. The number of hydrogen-bond acceptors (Lipinski definition) is 4. The van der Waals surface area contributed by atoms with E-state index < -0.39 is 0 Å². The summed E-state index contributed by atoms with van der Waals surface area (Å²) in [7, 11) is 0. The Morgan fingerprint density at radius 3 is 2.64 bits per heavy atom. The Balaban J connectivity index is 1.75. The second-order valence-corrected chi connectivity index (χ2v) is 5.37. The van der Waals surface area contributed by atoms with Crippen molar-refractivity contribution in [2.45, 2.75) is 12.5 Å². The molecular formula is C17H18N2O3. The van der Waals surface area contributed by atoms with Crippen LogP contribution in [0.25, 0.3) is 0 Å². The molecule has 3 rings (SSSR count). The normalized spacial score (nSPS) is 18.2. The molecule has 2 aromatic carbocycles. The van der Waals surface area contributed by atoms with Crippen molar-refractivity contribution < 1.29 is 9.66 Å². The van der Waals surface area contributed by atoms with Gasteiger partial charge in [0.05, 0.1) is 17.6 Å². The van der Waals surface area contributed by atoms with E-state index in [4.69, 9.17) is 4.74 Å².